The molecule has 118 valence electrons. The van der Waals surface area contributed by atoms with Gasteiger partial charge in [0.15, 0.2) is 0 Å². The Balaban J connectivity index is 2.19. The van der Waals surface area contributed by atoms with Crippen LogP contribution in [-0.2, 0) is 10.0 Å². The molecule has 6 nitrogen and oxygen atoms in total. The van der Waals surface area contributed by atoms with E-state index >= 15 is 0 Å². The molecule has 0 amide bonds. The largest absolute Gasteiger partial charge is 0.391 e. The van der Waals surface area contributed by atoms with Gasteiger partial charge in [0.25, 0.3) is 0 Å². The third kappa shape index (κ3) is 3.27. The monoisotopic (exact) mass is 324 g/mol. The summed E-state index contributed by atoms with van der Waals surface area (Å²) in [6.07, 6.45) is -2.28. The first-order valence-corrected chi connectivity index (χ1v) is 7.68. The van der Waals surface area contributed by atoms with Gasteiger partial charge in [-0.3, -0.25) is 10.8 Å². The van der Waals surface area contributed by atoms with E-state index in [0.717, 1.165) is 10.5 Å². The number of nitrogen functional groups attached to an aromatic ring is 1. The van der Waals surface area contributed by atoms with Crippen LogP contribution in [0, 0.1) is 5.92 Å². The van der Waals surface area contributed by atoms with Gasteiger partial charge in [0.05, 0.1) is 11.6 Å². The lowest BCUT2D eigenvalue weighted by Gasteiger charge is -2.32. The number of halogens is 3. The van der Waals surface area contributed by atoms with Gasteiger partial charge in [-0.15, -0.1) is 0 Å². The van der Waals surface area contributed by atoms with Crippen molar-refractivity contribution in [2.24, 2.45) is 11.8 Å². The molecule has 0 radical (unpaired) electrons. The van der Waals surface area contributed by atoms with Crippen molar-refractivity contribution in [1.82, 2.24) is 9.29 Å². The van der Waals surface area contributed by atoms with E-state index < -0.39 is 22.1 Å². The Hall–Kier alpha value is -1.39. The molecule has 1 aromatic heterocycles. The lowest BCUT2D eigenvalue weighted by molar-refractivity contribution is -0.182. The number of hydrogen-bond donors (Lipinski definition) is 2. The van der Waals surface area contributed by atoms with Crippen LogP contribution in [0.3, 0.4) is 0 Å². The van der Waals surface area contributed by atoms with Gasteiger partial charge in [0.1, 0.15) is 4.90 Å². The number of nitrogens with zero attached hydrogens (tertiary/aromatic N) is 2. The van der Waals surface area contributed by atoms with Crippen LogP contribution in [0.5, 0.6) is 0 Å². The molecule has 2 heterocycles. The molecule has 0 saturated carbocycles. The first-order chi connectivity index (χ1) is 9.76. The minimum absolute atomic E-state index is 0.141. The number of hydrogen-bond acceptors (Lipinski definition) is 5. The standard InChI is InChI=1S/C11H15F3N4O2S/c12-11(13,14)8-2-5-18(6-3-8)21(19,20)10-7-16-4-1-9(10)17-15/h1,4,7-8H,2-3,5-6,15H2,(H,16,17). The van der Waals surface area contributed by atoms with Crippen LogP contribution in [0.1, 0.15) is 12.8 Å². The molecule has 1 fully saturated rings. The van der Waals surface area contributed by atoms with E-state index in [1.165, 1.54) is 12.3 Å². The van der Waals surface area contributed by atoms with Gasteiger partial charge in [-0.25, -0.2) is 8.42 Å². The zero-order valence-electron chi connectivity index (χ0n) is 11.0. The van der Waals surface area contributed by atoms with E-state index in [1.807, 2.05) is 0 Å². The van der Waals surface area contributed by atoms with Crippen LogP contribution in [0.25, 0.3) is 0 Å². The molecule has 2 rings (SSSR count). The first kappa shape index (κ1) is 16.0. The van der Waals surface area contributed by atoms with E-state index in [0.29, 0.717) is 0 Å². The maximum atomic E-state index is 12.6. The summed E-state index contributed by atoms with van der Waals surface area (Å²) < 4.78 is 63.7. The molecule has 1 saturated heterocycles. The Morgan fingerprint density at radius 3 is 2.48 bits per heavy atom. The van der Waals surface area contributed by atoms with Crippen molar-refractivity contribution in [3.8, 4) is 0 Å². The highest BCUT2D eigenvalue weighted by molar-refractivity contribution is 7.89. The van der Waals surface area contributed by atoms with Crippen molar-refractivity contribution in [3.63, 3.8) is 0 Å². The Morgan fingerprint density at radius 1 is 1.33 bits per heavy atom. The van der Waals surface area contributed by atoms with Gasteiger partial charge in [-0.1, -0.05) is 0 Å². The van der Waals surface area contributed by atoms with Crippen LogP contribution in [0.2, 0.25) is 0 Å². The number of nitrogens with one attached hydrogen (secondary N) is 1. The van der Waals surface area contributed by atoms with Crippen molar-refractivity contribution in [2.75, 3.05) is 18.5 Å². The highest BCUT2D eigenvalue weighted by Crippen LogP contribution is 2.36. The number of alkyl halides is 3. The number of rotatable bonds is 3. The van der Waals surface area contributed by atoms with Gasteiger partial charge < -0.3 is 5.43 Å². The van der Waals surface area contributed by atoms with Crippen LogP contribution in [0.15, 0.2) is 23.4 Å². The molecule has 0 bridgehead atoms. The second kappa shape index (κ2) is 5.78. The number of hydrazine groups is 1. The molecular formula is C11H15F3N4O2S. The molecule has 0 atom stereocenters. The number of pyridine rings is 1. The molecule has 21 heavy (non-hydrogen) atoms. The van der Waals surface area contributed by atoms with Crippen molar-refractivity contribution >= 4 is 15.7 Å². The van der Waals surface area contributed by atoms with Crippen molar-refractivity contribution < 1.29 is 21.6 Å². The average Bonchev–Trinajstić information content (AvgIpc) is 2.46. The Bertz CT molecular complexity index is 598. The van der Waals surface area contributed by atoms with Gasteiger partial charge in [0, 0.05) is 25.5 Å². The Kier molecular flexibility index (Phi) is 4.40. The predicted octanol–water partition coefficient (Wildman–Crippen LogP) is 1.33. The van der Waals surface area contributed by atoms with E-state index in [2.05, 4.69) is 10.4 Å². The molecule has 3 N–H and O–H groups in total. The van der Waals surface area contributed by atoms with E-state index in [1.54, 1.807) is 0 Å². The SMILES string of the molecule is NNc1ccncc1S(=O)(=O)N1CCC(C(F)(F)F)CC1. The fourth-order valence-corrected chi connectivity index (χ4v) is 3.84. The summed E-state index contributed by atoms with van der Waals surface area (Å²) in [5.74, 6) is 3.79. The zero-order valence-corrected chi connectivity index (χ0v) is 11.8. The van der Waals surface area contributed by atoms with Gasteiger partial charge in [0.2, 0.25) is 10.0 Å². The van der Waals surface area contributed by atoms with Crippen LogP contribution in [-0.4, -0.2) is 37.0 Å². The van der Waals surface area contributed by atoms with Crippen molar-refractivity contribution in [1.29, 1.82) is 0 Å². The van der Waals surface area contributed by atoms with Crippen LogP contribution in [0.4, 0.5) is 18.9 Å². The molecule has 1 aromatic rings. The fourth-order valence-electron chi connectivity index (χ4n) is 2.27. The summed E-state index contributed by atoms with van der Waals surface area (Å²) in [4.78, 5) is 3.59. The molecular weight excluding hydrogens is 309 g/mol. The summed E-state index contributed by atoms with van der Waals surface area (Å²) in [7, 11) is -3.91. The maximum Gasteiger partial charge on any atom is 0.391 e. The van der Waals surface area contributed by atoms with Crippen LogP contribution >= 0.6 is 0 Å². The van der Waals surface area contributed by atoms with Gasteiger partial charge >= 0.3 is 6.18 Å². The molecule has 0 unspecified atom stereocenters. The second-order valence-corrected chi connectivity index (χ2v) is 6.64. The quantitative estimate of drug-likeness (QED) is 0.647. The third-order valence-corrected chi connectivity index (χ3v) is 5.40. The summed E-state index contributed by atoms with van der Waals surface area (Å²) >= 11 is 0. The normalized spacial score (nSPS) is 18.7. The summed E-state index contributed by atoms with van der Waals surface area (Å²) in [6, 6.07) is 1.38. The molecule has 10 heteroatoms. The van der Waals surface area contributed by atoms with Gasteiger partial charge in [-0.2, -0.15) is 17.5 Å². The molecule has 0 aliphatic carbocycles. The zero-order chi connectivity index (χ0) is 15.7. The Labute approximate surface area is 120 Å². The Morgan fingerprint density at radius 2 is 1.95 bits per heavy atom. The molecule has 0 spiro atoms. The minimum atomic E-state index is -4.28. The second-order valence-electron chi connectivity index (χ2n) is 4.74. The summed E-state index contributed by atoms with van der Waals surface area (Å²) in [5, 5.41) is 0. The average molecular weight is 324 g/mol. The van der Waals surface area contributed by atoms with E-state index in [9.17, 15) is 21.6 Å². The first-order valence-electron chi connectivity index (χ1n) is 6.24. The number of anilines is 1. The van der Waals surface area contributed by atoms with Crippen molar-refractivity contribution in [3.05, 3.63) is 18.5 Å². The molecule has 0 aromatic carbocycles. The number of aromatic nitrogens is 1. The highest BCUT2D eigenvalue weighted by Gasteiger charge is 2.43. The number of nitrogens with two attached hydrogens (primary N) is 1. The van der Waals surface area contributed by atoms with E-state index in [4.69, 9.17) is 5.84 Å². The van der Waals surface area contributed by atoms with Crippen LogP contribution < -0.4 is 11.3 Å². The van der Waals surface area contributed by atoms with Gasteiger partial charge in [-0.05, 0) is 18.9 Å². The lowest BCUT2D eigenvalue weighted by atomic mass is 9.98. The highest BCUT2D eigenvalue weighted by atomic mass is 32.2. The minimum Gasteiger partial charge on any atom is -0.323 e. The van der Waals surface area contributed by atoms with E-state index in [-0.39, 0.29) is 36.5 Å². The third-order valence-electron chi connectivity index (χ3n) is 3.47. The van der Waals surface area contributed by atoms with Crippen molar-refractivity contribution in [2.45, 2.75) is 23.9 Å². The summed E-state index contributed by atoms with van der Waals surface area (Å²) in [5.41, 5.74) is 2.40. The predicted molar refractivity (Wildman–Crippen MR) is 69.6 cm³/mol. The maximum absolute atomic E-state index is 12.6. The molecule has 1 aliphatic heterocycles. The lowest BCUT2D eigenvalue weighted by Crippen LogP contribution is -2.42. The topological polar surface area (TPSA) is 88.3 Å². The number of piperidine rings is 1. The number of sulfonamides is 1. The molecule has 1 aliphatic rings. The fraction of sp³-hybridized carbons (Fsp3) is 0.545. The summed E-state index contributed by atoms with van der Waals surface area (Å²) in [6.45, 7) is -0.350. The smallest absolute Gasteiger partial charge is 0.323 e.